The van der Waals surface area contributed by atoms with E-state index in [0.29, 0.717) is 18.1 Å². The minimum atomic E-state index is -0.440. The zero-order valence-corrected chi connectivity index (χ0v) is 10.1. The largest absolute Gasteiger partial charge is 0.441 e. The third-order valence-electron chi connectivity index (χ3n) is 2.35. The van der Waals surface area contributed by atoms with Gasteiger partial charge in [-0.15, -0.1) is 0 Å². The first-order valence-corrected chi connectivity index (χ1v) is 5.63. The smallest absolute Gasteiger partial charge is 0.196 e. The Morgan fingerprint density at radius 2 is 2.29 bits per heavy atom. The van der Waals surface area contributed by atoms with Crippen LogP contribution in [0, 0.1) is 5.82 Å². The fraction of sp³-hybridized carbons (Fsp3) is 0.250. The normalized spacial score (nSPS) is 10.8. The molecule has 1 N–H and O–H groups in total. The van der Waals surface area contributed by atoms with Crippen molar-refractivity contribution in [2.45, 2.75) is 6.42 Å². The van der Waals surface area contributed by atoms with Crippen molar-refractivity contribution < 1.29 is 8.81 Å². The third-order valence-corrected chi connectivity index (χ3v) is 2.64. The lowest BCUT2D eigenvalue weighted by Gasteiger charge is -1.98. The Kier molecular flexibility index (Phi) is 3.76. The van der Waals surface area contributed by atoms with Gasteiger partial charge in [0, 0.05) is 18.5 Å². The molecule has 0 bridgehead atoms. The van der Waals surface area contributed by atoms with E-state index in [9.17, 15) is 4.39 Å². The summed E-state index contributed by atoms with van der Waals surface area (Å²) in [5.74, 6) is 0.804. The number of aromatic nitrogens is 1. The summed E-state index contributed by atoms with van der Waals surface area (Å²) >= 11 is 5.71. The van der Waals surface area contributed by atoms with Gasteiger partial charge in [0.2, 0.25) is 0 Å². The number of nitrogens with zero attached hydrogens (tertiary/aromatic N) is 1. The lowest BCUT2D eigenvalue weighted by atomic mass is 10.2. The van der Waals surface area contributed by atoms with E-state index < -0.39 is 5.82 Å². The van der Waals surface area contributed by atoms with Gasteiger partial charge >= 0.3 is 0 Å². The van der Waals surface area contributed by atoms with Crippen molar-refractivity contribution in [1.82, 2.24) is 10.3 Å². The SMILES string of the molecule is CNCCc1ncc(-c2ccc(F)c(Cl)c2)o1. The van der Waals surface area contributed by atoms with Gasteiger partial charge in [-0.25, -0.2) is 9.37 Å². The lowest BCUT2D eigenvalue weighted by Crippen LogP contribution is -2.10. The standard InChI is InChI=1S/C12H12ClFN2O/c1-15-5-4-12-16-7-11(17-12)8-2-3-10(14)9(13)6-8/h2-3,6-7,15H,4-5H2,1H3. The summed E-state index contributed by atoms with van der Waals surface area (Å²) in [7, 11) is 1.86. The average molecular weight is 255 g/mol. The fourth-order valence-corrected chi connectivity index (χ4v) is 1.62. The molecule has 0 saturated heterocycles. The van der Waals surface area contributed by atoms with E-state index in [1.807, 2.05) is 7.05 Å². The number of hydrogen-bond acceptors (Lipinski definition) is 3. The van der Waals surface area contributed by atoms with E-state index in [-0.39, 0.29) is 5.02 Å². The Morgan fingerprint density at radius 3 is 3.00 bits per heavy atom. The van der Waals surface area contributed by atoms with Crippen molar-refractivity contribution in [2.24, 2.45) is 0 Å². The molecule has 0 atom stereocenters. The minimum Gasteiger partial charge on any atom is -0.441 e. The second-order valence-corrected chi connectivity index (χ2v) is 4.01. The van der Waals surface area contributed by atoms with E-state index in [4.69, 9.17) is 16.0 Å². The zero-order valence-electron chi connectivity index (χ0n) is 9.34. The van der Waals surface area contributed by atoms with E-state index >= 15 is 0 Å². The summed E-state index contributed by atoms with van der Waals surface area (Å²) in [6.45, 7) is 0.796. The van der Waals surface area contributed by atoms with Crippen LogP contribution >= 0.6 is 11.6 Å². The van der Waals surface area contributed by atoms with Gasteiger partial charge in [-0.2, -0.15) is 0 Å². The molecule has 0 spiro atoms. The molecule has 0 fully saturated rings. The topological polar surface area (TPSA) is 38.1 Å². The molecule has 3 nitrogen and oxygen atoms in total. The number of nitrogens with one attached hydrogen (secondary N) is 1. The molecule has 2 aromatic rings. The fourth-order valence-electron chi connectivity index (χ4n) is 1.44. The van der Waals surface area contributed by atoms with Crippen molar-refractivity contribution in [3.63, 3.8) is 0 Å². The molecular weight excluding hydrogens is 243 g/mol. The number of likely N-dealkylation sites (N-methyl/N-ethyl adjacent to an activating group) is 1. The Morgan fingerprint density at radius 1 is 1.47 bits per heavy atom. The van der Waals surface area contributed by atoms with Crippen LogP contribution < -0.4 is 5.32 Å². The first-order valence-electron chi connectivity index (χ1n) is 5.25. The van der Waals surface area contributed by atoms with Crippen LogP contribution in [0.5, 0.6) is 0 Å². The molecule has 0 amide bonds. The van der Waals surface area contributed by atoms with Crippen LogP contribution in [0.3, 0.4) is 0 Å². The molecule has 90 valence electrons. The summed E-state index contributed by atoms with van der Waals surface area (Å²) in [5.41, 5.74) is 0.722. The molecule has 0 aliphatic rings. The van der Waals surface area contributed by atoms with Gasteiger partial charge in [-0.3, -0.25) is 0 Å². The summed E-state index contributed by atoms with van der Waals surface area (Å²) in [6, 6.07) is 4.45. The molecule has 1 aromatic heterocycles. The van der Waals surface area contributed by atoms with Crippen LogP contribution in [0.1, 0.15) is 5.89 Å². The van der Waals surface area contributed by atoms with Crippen molar-refractivity contribution in [2.75, 3.05) is 13.6 Å². The minimum absolute atomic E-state index is 0.0793. The second-order valence-electron chi connectivity index (χ2n) is 3.60. The highest BCUT2D eigenvalue weighted by molar-refractivity contribution is 6.31. The van der Waals surface area contributed by atoms with Crippen LogP contribution in [0.2, 0.25) is 5.02 Å². The molecule has 0 saturated carbocycles. The first-order chi connectivity index (χ1) is 8.20. The molecule has 1 aromatic carbocycles. The van der Waals surface area contributed by atoms with Crippen molar-refractivity contribution >= 4 is 11.6 Å². The molecule has 17 heavy (non-hydrogen) atoms. The molecule has 5 heteroatoms. The monoisotopic (exact) mass is 254 g/mol. The predicted octanol–water partition coefficient (Wildman–Crippen LogP) is 2.90. The van der Waals surface area contributed by atoms with Gasteiger partial charge in [-0.1, -0.05) is 11.6 Å². The van der Waals surface area contributed by atoms with Crippen LogP contribution in [0.4, 0.5) is 4.39 Å². The van der Waals surface area contributed by atoms with Gasteiger partial charge < -0.3 is 9.73 Å². The molecule has 2 rings (SSSR count). The van der Waals surface area contributed by atoms with Gasteiger partial charge in [0.1, 0.15) is 5.82 Å². The highest BCUT2D eigenvalue weighted by atomic mass is 35.5. The van der Waals surface area contributed by atoms with Crippen LogP contribution in [-0.4, -0.2) is 18.6 Å². The summed E-state index contributed by atoms with van der Waals surface area (Å²) in [6.07, 6.45) is 2.33. The van der Waals surface area contributed by atoms with Gasteiger partial charge in [0.05, 0.1) is 11.2 Å². The van der Waals surface area contributed by atoms with E-state index in [1.165, 1.54) is 12.1 Å². The Hall–Kier alpha value is -1.39. The Labute approximate surface area is 104 Å². The number of hydrogen-bond donors (Lipinski definition) is 1. The van der Waals surface area contributed by atoms with Crippen LogP contribution in [0.15, 0.2) is 28.8 Å². The summed E-state index contributed by atoms with van der Waals surface area (Å²) < 4.78 is 18.5. The molecule has 0 radical (unpaired) electrons. The molecular formula is C12H12ClFN2O. The quantitative estimate of drug-likeness (QED) is 0.912. The Balaban J connectivity index is 2.21. The maximum Gasteiger partial charge on any atom is 0.196 e. The molecule has 1 heterocycles. The number of benzene rings is 1. The van der Waals surface area contributed by atoms with Crippen molar-refractivity contribution in [1.29, 1.82) is 0 Å². The van der Waals surface area contributed by atoms with Gasteiger partial charge in [0.25, 0.3) is 0 Å². The van der Waals surface area contributed by atoms with Crippen molar-refractivity contribution in [3.05, 3.63) is 41.1 Å². The average Bonchev–Trinajstić information content (AvgIpc) is 2.79. The third kappa shape index (κ3) is 2.84. The molecule has 0 aliphatic heterocycles. The van der Waals surface area contributed by atoms with Gasteiger partial charge in [-0.05, 0) is 25.2 Å². The van der Waals surface area contributed by atoms with E-state index in [0.717, 1.165) is 12.1 Å². The lowest BCUT2D eigenvalue weighted by molar-refractivity contribution is 0.500. The maximum absolute atomic E-state index is 13.0. The molecule has 0 aliphatic carbocycles. The zero-order chi connectivity index (χ0) is 12.3. The van der Waals surface area contributed by atoms with E-state index in [2.05, 4.69) is 10.3 Å². The van der Waals surface area contributed by atoms with Crippen LogP contribution in [0.25, 0.3) is 11.3 Å². The van der Waals surface area contributed by atoms with Gasteiger partial charge in [0.15, 0.2) is 11.7 Å². The van der Waals surface area contributed by atoms with Crippen LogP contribution in [-0.2, 0) is 6.42 Å². The summed E-state index contributed by atoms with van der Waals surface area (Å²) in [4.78, 5) is 4.14. The van der Waals surface area contributed by atoms with Crippen molar-refractivity contribution in [3.8, 4) is 11.3 Å². The van der Waals surface area contributed by atoms with E-state index in [1.54, 1.807) is 12.3 Å². The summed E-state index contributed by atoms with van der Waals surface area (Å²) in [5, 5.41) is 3.09. The predicted molar refractivity (Wildman–Crippen MR) is 64.5 cm³/mol. The number of rotatable bonds is 4. The first kappa shape index (κ1) is 12.1. The maximum atomic E-state index is 13.0. The Bertz CT molecular complexity index is 513. The molecule has 0 unspecified atom stereocenters. The highest BCUT2D eigenvalue weighted by Crippen LogP contribution is 2.25. The second kappa shape index (κ2) is 5.29. The highest BCUT2D eigenvalue weighted by Gasteiger charge is 2.08. The number of oxazole rings is 1. The number of halogens is 2.